The van der Waals surface area contributed by atoms with E-state index in [4.69, 9.17) is 4.42 Å². The first-order chi connectivity index (χ1) is 7.72. The molecule has 0 unspecified atom stereocenters. The molecule has 2 aromatic rings. The van der Waals surface area contributed by atoms with Crippen LogP contribution in [0.5, 0.6) is 0 Å². The van der Waals surface area contributed by atoms with Crippen molar-refractivity contribution in [3.05, 3.63) is 45.8 Å². The van der Waals surface area contributed by atoms with Crippen molar-refractivity contribution in [2.24, 2.45) is 0 Å². The number of hydrogen-bond acceptors (Lipinski definition) is 2. The number of rotatable bonds is 1. The first-order valence-corrected chi connectivity index (χ1v) is 5.13. The van der Waals surface area contributed by atoms with Crippen molar-refractivity contribution in [1.29, 1.82) is 0 Å². The van der Waals surface area contributed by atoms with Gasteiger partial charge in [0, 0.05) is 12.0 Å². The molecule has 0 spiro atoms. The van der Waals surface area contributed by atoms with Crippen LogP contribution in [0.4, 0.5) is 0 Å². The van der Waals surface area contributed by atoms with E-state index in [1.807, 2.05) is 25.1 Å². The first-order valence-electron chi connectivity index (χ1n) is 5.13. The summed E-state index contributed by atoms with van der Waals surface area (Å²) in [5.41, 5.74) is 2.32. The number of hydrogen-bond donors (Lipinski definition) is 0. The van der Waals surface area contributed by atoms with Gasteiger partial charge in [0.05, 0.1) is 11.6 Å². The van der Waals surface area contributed by atoms with Gasteiger partial charge in [-0.15, -0.1) is 5.92 Å². The van der Waals surface area contributed by atoms with E-state index in [0.717, 1.165) is 5.56 Å². The molecule has 0 fully saturated rings. The Bertz CT molecular complexity index is 639. The topological polar surface area (TPSA) is 30.2 Å². The van der Waals surface area contributed by atoms with Crippen molar-refractivity contribution < 1.29 is 4.42 Å². The second kappa shape index (κ2) is 4.24. The van der Waals surface area contributed by atoms with Crippen molar-refractivity contribution in [3.8, 4) is 11.8 Å². The molecule has 0 amide bonds. The Morgan fingerprint density at radius 1 is 1.38 bits per heavy atom. The molecular weight excluding hydrogens is 200 g/mol. The molecule has 2 nitrogen and oxygen atoms in total. The average Bonchev–Trinajstić information content (AvgIpc) is 2.29. The number of benzene rings is 1. The lowest BCUT2D eigenvalue weighted by atomic mass is 10.1. The normalized spacial score (nSPS) is 9.88. The summed E-state index contributed by atoms with van der Waals surface area (Å²) in [6.45, 7) is 3.71. The summed E-state index contributed by atoms with van der Waals surface area (Å²) in [5, 5.41) is 0.635. The van der Waals surface area contributed by atoms with E-state index in [2.05, 4.69) is 11.8 Å². The third-order valence-electron chi connectivity index (χ3n) is 2.46. The quantitative estimate of drug-likeness (QED) is 0.680. The summed E-state index contributed by atoms with van der Waals surface area (Å²) < 4.78 is 5.41. The van der Waals surface area contributed by atoms with E-state index in [1.54, 1.807) is 6.92 Å². The Kier molecular flexibility index (Phi) is 2.78. The van der Waals surface area contributed by atoms with Gasteiger partial charge in [0.1, 0.15) is 5.58 Å². The zero-order chi connectivity index (χ0) is 11.5. The summed E-state index contributed by atoms with van der Waals surface area (Å²) >= 11 is 0. The van der Waals surface area contributed by atoms with Gasteiger partial charge in [-0.05, 0) is 26.0 Å². The van der Waals surface area contributed by atoms with Crippen molar-refractivity contribution >= 4 is 11.0 Å². The SMILES string of the molecule is CC#CCc1coc2ccc(C)cc2c1=O. The van der Waals surface area contributed by atoms with Crippen molar-refractivity contribution in [1.82, 2.24) is 0 Å². The third kappa shape index (κ3) is 1.85. The van der Waals surface area contributed by atoms with Crippen molar-refractivity contribution in [3.63, 3.8) is 0 Å². The van der Waals surface area contributed by atoms with Gasteiger partial charge >= 0.3 is 0 Å². The smallest absolute Gasteiger partial charge is 0.196 e. The molecule has 0 aliphatic carbocycles. The van der Waals surface area contributed by atoms with Gasteiger partial charge in [0.15, 0.2) is 5.43 Å². The highest BCUT2D eigenvalue weighted by Crippen LogP contribution is 2.13. The molecule has 0 saturated heterocycles. The molecule has 2 heteroatoms. The molecule has 0 radical (unpaired) electrons. The summed E-state index contributed by atoms with van der Waals surface area (Å²) in [5.74, 6) is 5.65. The van der Waals surface area contributed by atoms with Crippen molar-refractivity contribution in [2.75, 3.05) is 0 Å². The van der Waals surface area contributed by atoms with Crippen molar-refractivity contribution in [2.45, 2.75) is 20.3 Å². The molecule has 0 aliphatic heterocycles. The molecule has 0 N–H and O–H groups in total. The Balaban J connectivity index is 2.66. The monoisotopic (exact) mass is 212 g/mol. The summed E-state index contributed by atoms with van der Waals surface area (Å²) in [6.07, 6.45) is 1.95. The molecular formula is C14H12O2. The van der Waals surface area contributed by atoms with Crippen LogP contribution in [0.1, 0.15) is 18.1 Å². The molecule has 16 heavy (non-hydrogen) atoms. The maximum atomic E-state index is 12.1. The maximum absolute atomic E-state index is 12.1. The molecule has 0 atom stereocenters. The van der Waals surface area contributed by atoms with E-state index < -0.39 is 0 Å². The lowest BCUT2D eigenvalue weighted by Gasteiger charge is -2.00. The zero-order valence-electron chi connectivity index (χ0n) is 9.33. The van der Waals surface area contributed by atoms with Gasteiger partial charge in [-0.2, -0.15) is 0 Å². The molecule has 0 saturated carbocycles. The zero-order valence-corrected chi connectivity index (χ0v) is 9.33. The fourth-order valence-electron chi connectivity index (χ4n) is 1.59. The number of fused-ring (bicyclic) bond motifs is 1. The van der Waals surface area contributed by atoms with Gasteiger partial charge in [-0.3, -0.25) is 4.79 Å². The van der Waals surface area contributed by atoms with Gasteiger partial charge in [-0.1, -0.05) is 17.6 Å². The fraction of sp³-hybridized carbons (Fsp3) is 0.214. The van der Waals surface area contributed by atoms with E-state index >= 15 is 0 Å². The second-order valence-corrected chi connectivity index (χ2v) is 3.69. The predicted molar refractivity (Wildman–Crippen MR) is 64.4 cm³/mol. The van der Waals surface area contributed by atoms with Crippen LogP contribution in [-0.4, -0.2) is 0 Å². The Labute approximate surface area is 93.9 Å². The third-order valence-corrected chi connectivity index (χ3v) is 2.46. The van der Waals surface area contributed by atoms with Crippen LogP contribution in [0.15, 0.2) is 33.7 Å². The van der Waals surface area contributed by atoms with Gasteiger partial charge < -0.3 is 4.42 Å². The van der Waals surface area contributed by atoms with Crippen LogP contribution >= 0.6 is 0 Å². The summed E-state index contributed by atoms with van der Waals surface area (Å²) in [7, 11) is 0. The van der Waals surface area contributed by atoms with Crippen LogP contribution in [0.2, 0.25) is 0 Å². The molecule has 1 aromatic heterocycles. The van der Waals surface area contributed by atoms with E-state index in [1.165, 1.54) is 6.26 Å². The molecule has 0 bridgehead atoms. The molecule has 0 aliphatic rings. The minimum Gasteiger partial charge on any atom is -0.464 e. The lowest BCUT2D eigenvalue weighted by Crippen LogP contribution is -2.08. The Morgan fingerprint density at radius 3 is 2.94 bits per heavy atom. The minimum absolute atomic E-state index is 0.0210. The van der Waals surface area contributed by atoms with Crippen LogP contribution in [0.3, 0.4) is 0 Å². The van der Waals surface area contributed by atoms with Gasteiger partial charge in [-0.25, -0.2) is 0 Å². The molecule has 1 heterocycles. The van der Waals surface area contributed by atoms with E-state index in [9.17, 15) is 4.79 Å². The molecule has 1 aromatic carbocycles. The Hall–Kier alpha value is -2.01. The summed E-state index contributed by atoms with van der Waals surface area (Å²) in [4.78, 5) is 12.1. The van der Waals surface area contributed by atoms with Crippen LogP contribution in [0.25, 0.3) is 11.0 Å². The van der Waals surface area contributed by atoms with Crippen LogP contribution in [0, 0.1) is 18.8 Å². The highest BCUT2D eigenvalue weighted by molar-refractivity contribution is 5.77. The van der Waals surface area contributed by atoms with Crippen LogP contribution in [-0.2, 0) is 6.42 Å². The fourth-order valence-corrected chi connectivity index (χ4v) is 1.59. The van der Waals surface area contributed by atoms with E-state index in [0.29, 0.717) is 23.0 Å². The average molecular weight is 212 g/mol. The first kappa shape index (κ1) is 10.5. The van der Waals surface area contributed by atoms with E-state index in [-0.39, 0.29) is 5.43 Å². The Morgan fingerprint density at radius 2 is 2.19 bits per heavy atom. The summed E-state index contributed by atoms with van der Waals surface area (Å²) in [6, 6.07) is 5.60. The maximum Gasteiger partial charge on any atom is 0.196 e. The predicted octanol–water partition coefficient (Wildman–Crippen LogP) is 2.67. The highest BCUT2D eigenvalue weighted by atomic mass is 16.3. The van der Waals surface area contributed by atoms with Crippen LogP contribution < -0.4 is 5.43 Å². The number of aryl methyl sites for hydroxylation is 1. The minimum atomic E-state index is 0.0210. The largest absolute Gasteiger partial charge is 0.464 e. The second-order valence-electron chi connectivity index (χ2n) is 3.69. The molecule has 80 valence electrons. The van der Waals surface area contributed by atoms with Gasteiger partial charge in [0.2, 0.25) is 0 Å². The standard InChI is InChI=1S/C14H12O2/c1-3-4-5-11-9-16-13-7-6-10(2)8-12(13)14(11)15/h6-9H,5H2,1-2H3. The molecule has 2 rings (SSSR count). The lowest BCUT2D eigenvalue weighted by molar-refractivity contribution is 0.595. The highest BCUT2D eigenvalue weighted by Gasteiger charge is 2.05. The van der Waals surface area contributed by atoms with Gasteiger partial charge in [0.25, 0.3) is 0 Å².